The Kier molecular flexibility index (Phi) is 9.90. The van der Waals surface area contributed by atoms with Crippen LogP contribution >= 0.6 is 0 Å². The van der Waals surface area contributed by atoms with Gasteiger partial charge in [-0.2, -0.15) is 0 Å². The number of hydrogen-bond donors (Lipinski definition) is 2. The Labute approximate surface area is 203 Å². The Morgan fingerprint density at radius 3 is 2.32 bits per heavy atom. The maximum absolute atomic E-state index is 13.2. The van der Waals surface area contributed by atoms with E-state index in [9.17, 15) is 18.8 Å². The Hall–Kier alpha value is -2.44. The number of rotatable bonds is 9. The first-order chi connectivity index (χ1) is 16.4. The molecule has 0 radical (unpaired) electrons. The first-order valence-electron chi connectivity index (χ1n) is 13.1. The van der Waals surface area contributed by atoms with Crippen LogP contribution in [0, 0.1) is 17.7 Å². The highest BCUT2D eigenvalue weighted by Gasteiger charge is 2.34. The standard InChI is InChI=1S/C27H40FN3O3/c1-3-5-9-19(4-2)27(34)31-17-8-10-21(18-31)26(33)30-24-12-7-6-11-23(24)29-25(32)20-13-15-22(28)16-14-20/h13-16,19,21,23-24H,3-12,17-18H2,1-2H3,(H,29,32)(H,30,33)/t19-,21+,23-,24-/m1/s1. The minimum absolute atomic E-state index is 0.0213. The predicted molar refractivity (Wildman–Crippen MR) is 131 cm³/mol. The number of hydrogen-bond acceptors (Lipinski definition) is 3. The molecule has 3 amide bonds. The number of nitrogens with one attached hydrogen (secondary N) is 2. The van der Waals surface area contributed by atoms with E-state index in [0.29, 0.717) is 12.1 Å². The molecule has 3 rings (SSSR count). The maximum atomic E-state index is 13.2. The summed E-state index contributed by atoms with van der Waals surface area (Å²) < 4.78 is 13.2. The molecule has 2 fully saturated rings. The van der Waals surface area contributed by atoms with Crippen LogP contribution in [0.5, 0.6) is 0 Å². The lowest BCUT2D eigenvalue weighted by Crippen LogP contribution is -2.55. The second-order valence-corrected chi connectivity index (χ2v) is 9.86. The normalized spacial score (nSPS) is 23.7. The number of likely N-dealkylation sites (tertiary alicyclic amines) is 1. The molecule has 0 spiro atoms. The van der Waals surface area contributed by atoms with Gasteiger partial charge in [-0.15, -0.1) is 0 Å². The van der Waals surface area contributed by atoms with Crippen molar-refractivity contribution in [3.05, 3.63) is 35.6 Å². The smallest absolute Gasteiger partial charge is 0.251 e. The number of carbonyl (C=O) groups is 3. The number of nitrogens with zero attached hydrogens (tertiary/aromatic N) is 1. The van der Waals surface area contributed by atoms with Gasteiger partial charge >= 0.3 is 0 Å². The van der Waals surface area contributed by atoms with E-state index in [4.69, 9.17) is 0 Å². The van der Waals surface area contributed by atoms with Gasteiger partial charge in [0.1, 0.15) is 5.82 Å². The topological polar surface area (TPSA) is 78.5 Å². The van der Waals surface area contributed by atoms with E-state index in [1.165, 1.54) is 24.3 Å². The quantitative estimate of drug-likeness (QED) is 0.557. The third-order valence-electron chi connectivity index (χ3n) is 7.37. The molecule has 1 aromatic carbocycles. The van der Waals surface area contributed by atoms with E-state index >= 15 is 0 Å². The minimum Gasteiger partial charge on any atom is -0.351 e. The molecule has 188 valence electrons. The number of piperidine rings is 1. The van der Waals surface area contributed by atoms with Crippen molar-refractivity contribution in [1.29, 1.82) is 0 Å². The van der Waals surface area contributed by atoms with Crippen molar-refractivity contribution >= 4 is 17.7 Å². The van der Waals surface area contributed by atoms with Crippen molar-refractivity contribution in [3.63, 3.8) is 0 Å². The van der Waals surface area contributed by atoms with Crippen molar-refractivity contribution in [2.45, 2.75) is 90.1 Å². The van der Waals surface area contributed by atoms with Crippen LogP contribution in [0.1, 0.15) is 88.4 Å². The molecule has 6 nitrogen and oxygen atoms in total. The number of unbranched alkanes of at least 4 members (excludes halogenated alkanes) is 1. The highest BCUT2D eigenvalue weighted by Crippen LogP contribution is 2.24. The molecule has 1 aliphatic heterocycles. The summed E-state index contributed by atoms with van der Waals surface area (Å²) in [6.45, 7) is 5.41. The van der Waals surface area contributed by atoms with Crippen LogP contribution in [0.4, 0.5) is 4.39 Å². The van der Waals surface area contributed by atoms with Crippen LogP contribution in [0.25, 0.3) is 0 Å². The van der Waals surface area contributed by atoms with E-state index < -0.39 is 0 Å². The Bertz CT molecular complexity index is 829. The van der Waals surface area contributed by atoms with Crippen molar-refractivity contribution in [1.82, 2.24) is 15.5 Å². The fourth-order valence-electron chi connectivity index (χ4n) is 5.23. The van der Waals surface area contributed by atoms with Gasteiger partial charge in [0.05, 0.1) is 5.92 Å². The lowest BCUT2D eigenvalue weighted by atomic mass is 9.88. The Morgan fingerprint density at radius 2 is 1.68 bits per heavy atom. The van der Waals surface area contributed by atoms with E-state index in [1.807, 2.05) is 4.90 Å². The molecule has 4 atom stereocenters. The van der Waals surface area contributed by atoms with E-state index in [1.54, 1.807) is 0 Å². The van der Waals surface area contributed by atoms with Crippen LogP contribution in [0.15, 0.2) is 24.3 Å². The Morgan fingerprint density at radius 1 is 1.00 bits per heavy atom. The second kappa shape index (κ2) is 12.9. The summed E-state index contributed by atoms with van der Waals surface area (Å²) in [4.78, 5) is 40.8. The average Bonchev–Trinajstić information content (AvgIpc) is 2.86. The van der Waals surface area contributed by atoms with Gasteiger partial charge in [-0.1, -0.05) is 39.5 Å². The van der Waals surface area contributed by atoms with Gasteiger partial charge in [0, 0.05) is 36.7 Å². The van der Waals surface area contributed by atoms with Gasteiger partial charge in [0.15, 0.2) is 0 Å². The summed E-state index contributed by atoms with van der Waals surface area (Å²) in [5.74, 6) is -0.626. The fourth-order valence-corrected chi connectivity index (χ4v) is 5.23. The van der Waals surface area contributed by atoms with Gasteiger partial charge < -0.3 is 15.5 Å². The van der Waals surface area contributed by atoms with Crippen molar-refractivity contribution in [2.24, 2.45) is 11.8 Å². The highest BCUT2D eigenvalue weighted by atomic mass is 19.1. The number of halogens is 1. The maximum Gasteiger partial charge on any atom is 0.251 e. The van der Waals surface area contributed by atoms with Gasteiger partial charge in [-0.25, -0.2) is 4.39 Å². The molecule has 0 aromatic heterocycles. The number of amides is 3. The molecule has 7 heteroatoms. The largest absolute Gasteiger partial charge is 0.351 e. The third-order valence-corrected chi connectivity index (χ3v) is 7.37. The van der Waals surface area contributed by atoms with Crippen molar-refractivity contribution in [2.75, 3.05) is 13.1 Å². The van der Waals surface area contributed by atoms with Gasteiger partial charge in [0.2, 0.25) is 11.8 Å². The predicted octanol–water partition coefficient (Wildman–Crippen LogP) is 4.44. The van der Waals surface area contributed by atoms with Crippen LogP contribution < -0.4 is 10.6 Å². The van der Waals surface area contributed by atoms with E-state index in [0.717, 1.165) is 70.8 Å². The number of benzene rings is 1. The molecule has 1 saturated carbocycles. The van der Waals surface area contributed by atoms with Gasteiger partial charge in [-0.05, 0) is 62.8 Å². The summed E-state index contributed by atoms with van der Waals surface area (Å²) in [6, 6.07) is 5.20. The zero-order valence-corrected chi connectivity index (χ0v) is 20.7. The van der Waals surface area contributed by atoms with Crippen LogP contribution in [0.2, 0.25) is 0 Å². The summed E-state index contributed by atoms with van der Waals surface area (Å²) in [6.07, 6.45) is 9.09. The molecule has 1 saturated heterocycles. The third kappa shape index (κ3) is 7.03. The molecule has 1 aromatic rings. The van der Waals surface area contributed by atoms with Gasteiger partial charge in [0.25, 0.3) is 5.91 Å². The SMILES string of the molecule is CCCC[C@@H](CC)C(=O)N1CCC[C@H](C(=O)N[C@@H]2CCCC[C@H]2NC(=O)c2ccc(F)cc2)C1. The summed E-state index contributed by atoms with van der Waals surface area (Å²) in [5, 5.41) is 6.23. The van der Waals surface area contributed by atoms with Crippen molar-refractivity contribution < 1.29 is 18.8 Å². The second-order valence-electron chi connectivity index (χ2n) is 9.86. The minimum atomic E-state index is -0.380. The zero-order chi connectivity index (χ0) is 24.5. The molecule has 1 heterocycles. The van der Waals surface area contributed by atoms with Crippen LogP contribution in [-0.2, 0) is 9.59 Å². The lowest BCUT2D eigenvalue weighted by Gasteiger charge is -2.37. The first kappa shape index (κ1) is 26.2. The van der Waals surface area contributed by atoms with Crippen molar-refractivity contribution in [3.8, 4) is 0 Å². The zero-order valence-electron chi connectivity index (χ0n) is 20.7. The summed E-state index contributed by atoms with van der Waals surface area (Å²) >= 11 is 0. The summed E-state index contributed by atoms with van der Waals surface area (Å²) in [5.41, 5.74) is 0.409. The molecule has 34 heavy (non-hydrogen) atoms. The van der Waals surface area contributed by atoms with Gasteiger partial charge in [-0.3, -0.25) is 14.4 Å². The molecule has 0 bridgehead atoms. The highest BCUT2D eigenvalue weighted by molar-refractivity contribution is 5.94. The average molecular weight is 474 g/mol. The number of carbonyl (C=O) groups excluding carboxylic acids is 3. The Balaban J connectivity index is 1.57. The molecule has 0 unspecified atom stereocenters. The van der Waals surface area contributed by atoms with E-state index in [2.05, 4.69) is 24.5 Å². The molecule has 2 aliphatic rings. The van der Waals surface area contributed by atoms with Crippen LogP contribution in [0.3, 0.4) is 0 Å². The molecule has 1 aliphatic carbocycles. The lowest BCUT2D eigenvalue weighted by molar-refractivity contribution is -0.139. The van der Waals surface area contributed by atoms with E-state index in [-0.39, 0.29) is 47.5 Å². The molecular formula is C27H40FN3O3. The first-order valence-corrected chi connectivity index (χ1v) is 13.1. The monoisotopic (exact) mass is 473 g/mol. The summed E-state index contributed by atoms with van der Waals surface area (Å²) in [7, 11) is 0. The molecular weight excluding hydrogens is 433 g/mol. The van der Waals surface area contributed by atoms with Crippen LogP contribution in [-0.4, -0.2) is 47.8 Å². The fraction of sp³-hybridized carbons (Fsp3) is 0.667. The molecule has 2 N–H and O–H groups in total.